The zero-order valence-corrected chi connectivity index (χ0v) is 11.8. The standard InChI is InChI=1S/C13H28N4O/c1-3-5-15-12(13(14)18)11-17-9-7-16(6-4-2)8-10-17/h12,15H,3-11H2,1-2H3,(H2,14,18). The van der Waals surface area contributed by atoms with E-state index in [1.807, 2.05) is 0 Å². The predicted octanol–water partition coefficient (Wildman–Crippen LogP) is -0.132. The Morgan fingerprint density at radius 1 is 1.17 bits per heavy atom. The highest BCUT2D eigenvalue weighted by atomic mass is 16.1. The molecule has 18 heavy (non-hydrogen) atoms. The average molecular weight is 256 g/mol. The number of piperazine rings is 1. The van der Waals surface area contributed by atoms with Gasteiger partial charge in [-0.15, -0.1) is 0 Å². The summed E-state index contributed by atoms with van der Waals surface area (Å²) in [6.07, 6.45) is 2.23. The summed E-state index contributed by atoms with van der Waals surface area (Å²) < 4.78 is 0. The lowest BCUT2D eigenvalue weighted by Gasteiger charge is -2.35. The topological polar surface area (TPSA) is 61.6 Å². The lowest BCUT2D eigenvalue weighted by Crippen LogP contribution is -2.54. The van der Waals surface area contributed by atoms with Crippen LogP contribution in [0, 0.1) is 0 Å². The summed E-state index contributed by atoms with van der Waals surface area (Å²) in [7, 11) is 0. The van der Waals surface area contributed by atoms with Crippen LogP contribution in [0.2, 0.25) is 0 Å². The number of nitrogens with one attached hydrogen (secondary N) is 1. The maximum atomic E-state index is 11.4. The number of amides is 1. The van der Waals surface area contributed by atoms with Gasteiger partial charge in [-0.05, 0) is 25.9 Å². The summed E-state index contributed by atoms with van der Waals surface area (Å²) in [4.78, 5) is 16.2. The largest absolute Gasteiger partial charge is 0.368 e. The van der Waals surface area contributed by atoms with E-state index in [0.29, 0.717) is 0 Å². The van der Waals surface area contributed by atoms with Crippen molar-refractivity contribution in [2.45, 2.75) is 32.7 Å². The van der Waals surface area contributed by atoms with Gasteiger partial charge in [0, 0.05) is 32.7 Å². The van der Waals surface area contributed by atoms with E-state index in [4.69, 9.17) is 5.73 Å². The lowest BCUT2D eigenvalue weighted by atomic mass is 10.2. The fourth-order valence-electron chi connectivity index (χ4n) is 2.34. The fraction of sp³-hybridized carbons (Fsp3) is 0.923. The number of nitrogens with zero attached hydrogens (tertiary/aromatic N) is 2. The second-order valence-electron chi connectivity index (χ2n) is 5.05. The molecule has 0 spiro atoms. The second kappa shape index (κ2) is 8.45. The summed E-state index contributed by atoms with van der Waals surface area (Å²) >= 11 is 0. The minimum absolute atomic E-state index is 0.206. The minimum atomic E-state index is -0.237. The molecular formula is C13H28N4O. The monoisotopic (exact) mass is 256 g/mol. The average Bonchev–Trinajstić information content (AvgIpc) is 2.36. The predicted molar refractivity (Wildman–Crippen MR) is 74.4 cm³/mol. The van der Waals surface area contributed by atoms with Crippen LogP contribution < -0.4 is 11.1 Å². The van der Waals surface area contributed by atoms with Gasteiger partial charge in [0.2, 0.25) is 5.91 Å². The van der Waals surface area contributed by atoms with Crippen molar-refractivity contribution >= 4 is 5.91 Å². The zero-order chi connectivity index (χ0) is 13.4. The number of hydrogen-bond acceptors (Lipinski definition) is 4. The van der Waals surface area contributed by atoms with Crippen molar-refractivity contribution in [1.82, 2.24) is 15.1 Å². The molecule has 0 aromatic carbocycles. The van der Waals surface area contributed by atoms with Gasteiger partial charge in [0.1, 0.15) is 0 Å². The molecule has 5 nitrogen and oxygen atoms in total. The van der Waals surface area contributed by atoms with Gasteiger partial charge in [-0.2, -0.15) is 0 Å². The van der Waals surface area contributed by atoms with Crippen molar-refractivity contribution < 1.29 is 4.79 Å². The summed E-state index contributed by atoms with van der Waals surface area (Å²) in [5.41, 5.74) is 5.43. The van der Waals surface area contributed by atoms with Crippen LogP contribution in [0.1, 0.15) is 26.7 Å². The summed E-state index contributed by atoms with van der Waals surface area (Å²) in [5, 5.41) is 3.22. The highest BCUT2D eigenvalue weighted by molar-refractivity contribution is 5.80. The highest BCUT2D eigenvalue weighted by Gasteiger charge is 2.22. The number of hydrogen-bond donors (Lipinski definition) is 2. The van der Waals surface area contributed by atoms with E-state index in [2.05, 4.69) is 29.0 Å². The third-order valence-electron chi connectivity index (χ3n) is 3.43. The maximum Gasteiger partial charge on any atom is 0.235 e. The van der Waals surface area contributed by atoms with Crippen LogP contribution in [0.5, 0.6) is 0 Å². The molecule has 1 saturated heterocycles. The Balaban J connectivity index is 2.30. The Bertz CT molecular complexity index is 239. The first-order valence-corrected chi connectivity index (χ1v) is 7.14. The third kappa shape index (κ3) is 5.33. The van der Waals surface area contributed by atoms with Crippen molar-refractivity contribution in [3.05, 3.63) is 0 Å². The normalized spacial score (nSPS) is 19.9. The first kappa shape index (κ1) is 15.4. The van der Waals surface area contributed by atoms with E-state index in [1.54, 1.807) is 0 Å². The van der Waals surface area contributed by atoms with Crippen LogP contribution in [0.4, 0.5) is 0 Å². The van der Waals surface area contributed by atoms with Crippen LogP contribution in [0.15, 0.2) is 0 Å². The minimum Gasteiger partial charge on any atom is -0.368 e. The highest BCUT2D eigenvalue weighted by Crippen LogP contribution is 2.03. The van der Waals surface area contributed by atoms with Crippen molar-refractivity contribution in [1.29, 1.82) is 0 Å². The maximum absolute atomic E-state index is 11.4. The Labute approximate surface area is 111 Å². The van der Waals surface area contributed by atoms with Gasteiger partial charge in [0.15, 0.2) is 0 Å². The Hall–Kier alpha value is -0.650. The van der Waals surface area contributed by atoms with Crippen molar-refractivity contribution in [2.75, 3.05) is 45.8 Å². The lowest BCUT2D eigenvalue weighted by molar-refractivity contribution is -0.120. The molecular weight excluding hydrogens is 228 g/mol. The van der Waals surface area contributed by atoms with Crippen molar-refractivity contribution in [2.24, 2.45) is 5.73 Å². The quantitative estimate of drug-likeness (QED) is 0.635. The summed E-state index contributed by atoms with van der Waals surface area (Å²) in [6.45, 7) is 11.4. The molecule has 1 heterocycles. The molecule has 0 bridgehead atoms. The molecule has 1 aliphatic rings. The molecule has 1 aliphatic heterocycles. The fourth-order valence-corrected chi connectivity index (χ4v) is 2.34. The number of carbonyl (C=O) groups is 1. The van der Waals surface area contributed by atoms with Gasteiger partial charge in [-0.3, -0.25) is 9.69 Å². The van der Waals surface area contributed by atoms with Crippen LogP contribution in [0.25, 0.3) is 0 Å². The molecule has 1 atom stereocenters. The number of rotatable bonds is 8. The van der Waals surface area contributed by atoms with Crippen molar-refractivity contribution in [3.63, 3.8) is 0 Å². The second-order valence-corrected chi connectivity index (χ2v) is 5.05. The molecule has 3 N–H and O–H groups in total. The number of primary amides is 1. The molecule has 106 valence electrons. The first-order valence-electron chi connectivity index (χ1n) is 7.14. The molecule has 1 fully saturated rings. The number of carbonyl (C=O) groups excluding carboxylic acids is 1. The molecule has 0 aromatic heterocycles. The van der Waals surface area contributed by atoms with Crippen LogP contribution in [0.3, 0.4) is 0 Å². The first-order chi connectivity index (χ1) is 8.67. The van der Waals surface area contributed by atoms with Crippen LogP contribution in [-0.2, 0) is 4.79 Å². The van der Waals surface area contributed by atoms with Gasteiger partial charge in [-0.25, -0.2) is 0 Å². The van der Waals surface area contributed by atoms with Gasteiger partial charge in [0.05, 0.1) is 6.04 Å². The van der Waals surface area contributed by atoms with Crippen LogP contribution >= 0.6 is 0 Å². The van der Waals surface area contributed by atoms with Gasteiger partial charge < -0.3 is 16.0 Å². The van der Waals surface area contributed by atoms with E-state index in [1.165, 1.54) is 13.0 Å². The summed E-state index contributed by atoms with van der Waals surface area (Å²) in [5.74, 6) is -0.237. The van der Waals surface area contributed by atoms with Gasteiger partial charge in [0.25, 0.3) is 0 Å². The molecule has 1 unspecified atom stereocenters. The molecule has 1 rings (SSSR count). The van der Waals surface area contributed by atoms with Gasteiger partial charge in [-0.1, -0.05) is 13.8 Å². The van der Waals surface area contributed by atoms with E-state index in [-0.39, 0.29) is 11.9 Å². The van der Waals surface area contributed by atoms with E-state index in [9.17, 15) is 4.79 Å². The van der Waals surface area contributed by atoms with E-state index in [0.717, 1.165) is 45.7 Å². The molecule has 0 aliphatic carbocycles. The molecule has 1 amide bonds. The molecule has 0 aromatic rings. The Morgan fingerprint density at radius 3 is 2.28 bits per heavy atom. The number of nitrogens with two attached hydrogens (primary N) is 1. The summed E-state index contributed by atoms with van der Waals surface area (Å²) in [6, 6.07) is -0.206. The van der Waals surface area contributed by atoms with Crippen LogP contribution in [-0.4, -0.2) is 67.6 Å². The molecule has 0 saturated carbocycles. The SMILES string of the molecule is CCCNC(CN1CCN(CCC)CC1)C(N)=O. The van der Waals surface area contributed by atoms with E-state index >= 15 is 0 Å². The van der Waals surface area contributed by atoms with Gasteiger partial charge >= 0.3 is 0 Å². The van der Waals surface area contributed by atoms with Crippen molar-refractivity contribution in [3.8, 4) is 0 Å². The molecule has 5 heteroatoms. The zero-order valence-electron chi connectivity index (χ0n) is 11.8. The smallest absolute Gasteiger partial charge is 0.235 e. The Kier molecular flexibility index (Phi) is 7.23. The molecule has 0 radical (unpaired) electrons. The Morgan fingerprint density at radius 2 is 1.78 bits per heavy atom. The third-order valence-corrected chi connectivity index (χ3v) is 3.43. The van der Waals surface area contributed by atoms with E-state index < -0.39 is 0 Å².